The smallest absolute Gasteiger partial charge is 0.242 e. The number of aromatic nitrogens is 2. The number of rotatable bonds is 5. The molecule has 0 unspecified atom stereocenters. The molecule has 25 heavy (non-hydrogen) atoms. The van der Waals surface area contributed by atoms with Gasteiger partial charge in [0.25, 0.3) is 0 Å². The van der Waals surface area contributed by atoms with E-state index in [0.29, 0.717) is 6.04 Å². The van der Waals surface area contributed by atoms with Crippen molar-refractivity contribution in [3.05, 3.63) is 53.1 Å². The number of benzene rings is 1. The number of nitrogens with one attached hydrogen (secondary N) is 1. The van der Waals surface area contributed by atoms with Crippen LogP contribution >= 0.6 is 0 Å². The third-order valence-electron chi connectivity index (χ3n) is 5.00. The fraction of sp³-hybridized carbons (Fsp3) is 0.474. The number of carbonyl (C=O) groups excluding carboxylic acids is 1. The van der Waals surface area contributed by atoms with Crippen LogP contribution in [-0.2, 0) is 4.79 Å². The number of halogens is 1. The van der Waals surface area contributed by atoms with Crippen LogP contribution in [0.3, 0.4) is 0 Å². The summed E-state index contributed by atoms with van der Waals surface area (Å²) in [5.41, 5.74) is 2.99. The summed E-state index contributed by atoms with van der Waals surface area (Å²) < 4.78 is 15.3. The number of likely N-dealkylation sites (tertiary alicyclic amines) is 1. The molecule has 1 aromatic carbocycles. The summed E-state index contributed by atoms with van der Waals surface area (Å²) in [6, 6.07) is 8.56. The standard InChI is InChI=1S/C19H23FN4O/c1-12-9-13(2)24(22-12)17-10-23(11-17)18(19(25)21-16-7-8-16)14-3-5-15(20)6-4-14/h3-6,9,16-18H,7-8,10-11H2,1-2H3,(H,21,25)/t18-/m1/s1. The minimum atomic E-state index is -0.366. The first-order valence-corrected chi connectivity index (χ1v) is 8.84. The molecule has 1 aliphatic heterocycles. The Morgan fingerprint density at radius 3 is 2.48 bits per heavy atom. The second-order valence-electron chi connectivity index (χ2n) is 7.22. The molecule has 0 bridgehead atoms. The van der Waals surface area contributed by atoms with Crippen LogP contribution in [0.4, 0.5) is 4.39 Å². The fourth-order valence-corrected chi connectivity index (χ4v) is 3.55. The highest BCUT2D eigenvalue weighted by Crippen LogP contribution is 2.33. The molecular weight excluding hydrogens is 319 g/mol. The average molecular weight is 342 g/mol. The van der Waals surface area contributed by atoms with E-state index in [4.69, 9.17) is 0 Å². The Balaban J connectivity index is 1.51. The topological polar surface area (TPSA) is 50.2 Å². The van der Waals surface area contributed by atoms with Gasteiger partial charge in [-0.1, -0.05) is 12.1 Å². The van der Waals surface area contributed by atoms with E-state index in [1.54, 1.807) is 12.1 Å². The fourth-order valence-electron chi connectivity index (χ4n) is 3.55. The van der Waals surface area contributed by atoms with Gasteiger partial charge in [0.1, 0.15) is 11.9 Å². The number of carbonyl (C=O) groups is 1. The summed E-state index contributed by atoms with van der Waals surface area (Å²) >= 11 is 0. The van der Waals surface area contributed by atoms with Crippen molar-refractivity contribution < 1.29 is 9.18 Å². The molecule has 2 aliphatic rings. The summed E-state index contributed by atoms with van der Waals surface area (Å²) in [6.07, 6.45) is 2.10. The van der Waals surface area contributed by atoms with E-state index in [2.05, 4.69) is 28.3 Å². The third-order valence-corrected chi connectivity index (χ3v) is 5.00. The molecular formula is C19H23FN4O. The van der Waals surface area contributed by atoms with Gasteiger partial charge in [0.05, 0.1) is 11.7 Å². The number of hydrogen-bond donors (Lipinski definition) is 1. The molecule has 1 atom stereocenters. The van der Waals surface area contributed by atoms with Crippen LogP contribution in [0.2, 0.25) is 0 Å². The van der Waals surface area contributed by atoms with E-state index >= 15 is 0 Å². The normalized spacial score (nSPS) is 19.5. The minimum Gasteiger partial charge on any atom is -0.352 e. The summed E-state index contributed by atoms with van der Waals surface area (Å²) in [5.74, 6) is -0.268. The van der Waals surface area contributed by atoms with Crippen LogP contribution in [0, 0.1) is 19.7 Å². The lowest BCUT2D eigenvalue weighted by molar-refractivity contribution is -0.129. The van der Waals surface area contributed by atoms with Gasteiger partial charge >= 0.3 is 0 Å². The molecule has 1 aromatic heterocycles. The Morgan fingerprint density at radius 1 is 1.24 bits per heavy atom. The Labute approximate surface area is 146 Å². The Hall–Kier alpha value is -2.21. The van der Waals surface area contributed by atoms with E-state index < -0.39 is 0 Å². The van der Waals surface area contributed by atoms with Gasteiger partial charge in [0, 0.05) is 24.8 Å². The third kappa shape index (κ3) is 3.31. The Morgan fingerprint density at radius 2 is 1.92 bits per heavy atom. The maximum Gasteiger partial charge on any atom is 0.242 e. The number of hydrogen-bond acceptors (Lipinski definition) is 3. The highest BCUT2D eigenvalue weighted by atomic mass is 19.1. The van der Waals surface area contributed by atoms with E-state index in [1.807, 2.05) is 11.6 Å². The lowest BCUT2D eigenvalue weighted by atomic mass is 9.98. The molecule has 2 fully saturated rings. The molecule has 1 amide bonds. The van der Waals surface area contributed by atoms with Crippen LogP contribution in [0.15, 0.2) is 30.3 Å². The first kappa shape index (κ1) is 16.3. The van der Waals surface area contributed by atoms with Crippen molar-refractivity contribution in [2.24, 2.45) is 0 Å². The average Bonchev–Trinajstić information content (AvgIpc) is 3.27. The molecule has 0 spiro atoms. The lowest BCUT2D eigenvalue weighted by Crippen LogP contribution is -2.53. The molecule has 1 aliphatic carbocycles. The molecule has 1 saturated carbocycles. The molecule has 5 nitrogen and oxygen atoms in total. The van der Waals surface area contributed by atoms with Crippen molar-refractivity contribution in [3.8, 4) is 0 Å². The largest absolute Gasteiger partial charge is 0.352 e. The first-order valence-electron chi connectivity index (χ1n) is 8.84. The van der Waals surface area contributed by atoms with Crippen molar-refractivity contribution in [3.63, 3.8) is 0 Å². The van der Waals surface area contributed by atoms with Crippen LogP contribution in [0.25, 0.3) is 0 Å². The molecule has 132 valence electrons. The zero-order chi connectivity index (χ0) is 17.6. The van der Waals surface area contributed by atoms with Crippen molar-refractivity contribution in [1.29, 1.82) is 0 Å². The molecule has 1 saturated heterocycles. The molecule has 0 radical (unpaired) electrons. The summed E-state index contributed by atoms with van der Waals surface area (Å²) in [5, 5.41) is 7.64. The lowest BCUT2D eigenvalue weighted by Gasteiger charge is -2.44. The Bertz CT molecular complexity index is 775. The van der Waals surface area contributed by atoms with Gasteiger partial charge in [0.15, 0.2) is 0 Å². The highest BCUT2D eigenvalue weighted by molar-refractivity contribution is 5.83. The van der Waals surface area contributed by atoms with E-state index in [0.717, 1.165) is 42.9 Å². The second kappa shape index (κ2) is 6.26. The van der Waals surface area contributed by atoms with Crippen LogP contribution < -0.4 is 5.32 Å². The van der Waals surface area contributed by atoms with Crippen molar-refractivity contribution in [2.45, 2.75) is 44.8 Å². The van der Waals surface area contributed by atoms with Gasteiger partial charge in [-0.05, 0) is 50.5 Å². The quantitative estimate of drug-likeness (QED) is 0.908. The van der Waals surface area contributed by atoms with Crippen LogP contribution in [0.5, 0.6) is 0 Å². The summed E-state index contributed by atoms with van der Waals surface area (Å²) in [4.78, 5) is 14.9. The number of aryl methyl sites for hydroxylation is 2. The Kier molecular flexibility index (Phi) is 4.07. The molecule has 6 heteroatoms. The van der Waals surface area contributed by atoms with Gasteiger partial charge in [-0.15, -0.1) is 0 Å². The van der Waals surface area contributed by atoms with Gasteiger partial charge in [-0.25, -0.2) is 4.39 Å². The van der Waals surface area contributed by atoms with Gasteiger partial charge in [-0.3, -0.25) is 14.4 Å². The summed E-state index contributed by atoms with van der Waals surface area (Å²) in [7, 11) is 0. The first-order chi connectivity index (χ1) is 12.0. The minimum absolute atomic E-state index is 0.0147. The second-order valence-corrected chi connectivity index (χ2v) is 7.22. The number of nitrogens with zero attached hydrogens (tertiary/aromatic N) is 3. The zero-order valence-corrected chi connectivity index (χ0v) is 14.6. The zero-order valence-electron chi connectivity index (χ0n) is 14.6. The van der Waals surface area contributed by atoms with Crippen molar-refractivity contribution in [2.75, 3.05) is 13.1 Å². The van der Waals surface area contributed by atoms with E-state index in [9.17, 15) is 9.18 Å². The molecule has 4 rings (SSSR count). The summed E-state index contributed by atoms with van der Waals surface area (Å²) in [6.45, 7) is 5.58. The van der Waals surface area contributed by atoms with E-state index in [1.165, 1.54) is 12.1 Å². The highest BCUT2D eigenvalue weighted by Gasteiger charge is 2.40. The maximum absolute atomic E-state index is 13.3. The molecule has 1 N–H and O–H groups in total. The van der Waals surface area contributed by atoms with Gasteiger partial charge in [0.2, 0.25) is 5.91 Å². The van der Waals surface area contributed by atoms with Crippen molar-refractivity contribution >= 4 is 5.91 Å². The van der Waals surface area contributed by atoms with Gasteiger partial charge < -0.3 is 5.32 Å². The molecule has 2 aromatic rings. The van der Waals surface area contributed by atoms with Crippen LogP contribution in [0.1, 0.15) is 41.9 Å². The number of amides is 1. The predicted octanol–water partition coefficient (Wildman–Crippen LogP) is 2.52. The maximum atomic E-state index is 13.3. The molecule has 2 heterocycles. The van der Waals surface area contributed by atoms with Crippen molar-refractivity contribution in [1.82, 2.24) is 20.0 Å². The van der Waals surface area contributed by atoms with E-state index in [-0.39, 0.29) is 23.8 Å². The predicted molar refractivity (Wildman–Crippen MR) is 92.6 cm³/mol. The monoisotopic (exact) mass is 342 g/mol. The SMILES string of the molecule is Cc1cc(C)n(C2CN([C@@H](C(=O)NC3CC3)c3ccc(F)cc3)C2)n1. The van der Waals surface area contributed by atoms with Crippen LogP contribution in [-0.4, -0.2) is 39.7 Å². The van der Waals surface area contributed by atoms with Gasteiger partial charge in [-0.2, -0.15) is 5.10 Å².